The molecule has 0 unspecified atom stereocenters. The number of hydrogen-bond acceptors (Lipinski definition) is 5. The minimum absolute atomic E-state index is 0.0852. The van der Waals surface area contributed by atoms with Crippen molar-refractivity contribution in [3.8, 4) is 0 Å². The molecule has 0 aliphatic rings. The third-order valence-electron chi connectivity index (χ3n) is 1.58. The topological polar surface area (TPSA) is 51.2 Å². The monoisotopic (exact) mass is 254 g/mol. The number of hydrogen-bond donors (Lipinski definition) is 1. The molecule has 0 aliphatic carbocycles. The van der Waals surface area contributed by atoms with Crippen LogP contribution >= 0.6 is 11.3 Å². The summed E-state index contributed by atoms with van der Waals surface area (Å²) >= 11 is 1.05. The number of rotatable bonds is 4. The number of nitrogens with one attached hydrogen (secondary N) is 1. The lowest BCUT2D eigenvalue weighted by molar-refractivity contribution is -0.131. The molecule has 0 fully saturated rings. The predicted molar refractivity (Wildman–Crippen MR) is 52.6 cm³/mol. The largest absolute Gasteiger partial charge is 0.464 e. The first-order chi connectivity index (χ1) is 7.42. The number of alkyl halides is 3. The zero-order valence-electron chi connectivity index (χ0n) is 8.30. The van der Waals surface area contributed by atoms with Crippen LogP contribution in [0.4, 0.5) is 18.3 Å². The van der Waals surface area contributed by atoms with E-state index in [0.717, 1.165) is 11.3 Å². The third-order valence-corrected chi connectivity index (χ3v) is 2.38. The molecule has 0 radical (unpaired) electrons. The summed E-state index contributed by atoms with van der Waals surface area (Å²) in [7, 11) is 1.21. The first-order valence-corrected chi connectivity index (χ1v) is 5.15. The lowest BCUT2D eigenvalue weighted by Gasteiger charge is -2.05. The van der Waals surface area contributed by atoms with Crippen LogP contribution < -0.4 is 5.32 Å². The van der Waals surface area contributed by atoms with Crippen molar-refractivity contribution in [2.45, 2.75) is 12.6 Å². The fraction of sp³-hybridized carbons (Fsp3) is 0.500. The number of anilines is 1. The van der Waals surface area contributed by atoms with E-state index in [-0.39, 0.29) is 17.4 Å². The molecule has 1 aromatic heterocycles. The van der Waals surface area contributed by atoms with Gasteiger partial charge in [-0.1, -0.05) is 0 Å². The van der Waals surface area contributed by atoms with Crippen molar-refractivity contribution in [2.75, 3.05) is 19.0 Å². The van der Waals surface area contributed by atoms with Gasteiger partial charge in [0.25, 0.3) is 0 Å². The second-order valence-corrected chi connectivity index (χ2v) is 3.68. The summed E-state index contributed by atoms with van der Waals surface area (Å²) in [6, 6.07) is 0. The molecule has 4 nitrogen and oxygen atoms in total. The van der Waals surface area contributed by atoms with Crippen molar-refractivity contribution in [1.29, 1.82) is 0 Å². The lowest BCUT2D eigenvalue weighted by Crippen LogP contribution is -2.14. The first kappa shape index (κ1) is 12.8. The van der Waals surface area contributed by atoms with Crippen LogP contribution in [0.2, 0.25) is 0 Å². The Morgan fingerprint density at radius 2 is 2.31 bits per heavy atom. The fourth-order valence-corrected chi connectivity index (χ4v) is 1.57. The van der Waals surface area contributed by atoms with Crippen LogP contribution in [-0.2, 0) is 4.74 Å². The molecular formula is C8H9F3N2O2S. The van der Waals surface area contributed by atoms with Crippen LogP contribution in [0.5, 0.6) is 0 Å². The van der Waals surface area contributed by atoms with E-state index in [1.54, 1.807) is 0 Å². The number of carbonyl (C=O) groups is 1. The molecule has 1 heterocycles. The maximum Gasteiger partial charge on any atom is 0.390 e. The van der Waals surface area contributed by atoms with E-state index in [4.69, 9.17) is 0 Å². The molecule has 0 aromatic carbocycles. The van der Waals surface area contributed by atoms with Gasteiger partial charge in [0.1, 0.15) is 0 Å². The number of esters is 1. The highest BCUT2D eigenvalue weighted by molar-refractivity contribution is 7.13. The van der Waals surface area contributed by atoms with E-state index >= 15 is 0 Å². The molecular weight excluding hydrogens is 245 g/mol. The molecule has 8 heteroatoms. The molecule has 0 bridgehead atoms. The van der Waals surface area contributed by atoms with Crippen molar-refractivity contribution in [2.24, 2.45) is 0 Å². The van der Waals surface area contributed by atoms with E-state index in [0.29, 0.717) is 0 Å². The van der Waals surface area contributed by atoms with Crippen molar-refractivity contribution < 1.29 is 22.7 Å². The number of thiazole rings is 1. The molecule has 0 saturated heterocycles. The third kappa shape index (κ3) is 4.05. The number of carbonyl (C=O) groups excluding carboxylic acids is 1. The second kappa shape index (κ2) is 5.15. The Hall–Kier alpha value is -1.31. The van der Waals surface area contributed by atoms with E-state index in [9.17, 15) is 18.0 Å². The number of methoxy groups -OCH3 is 1. The van der Waals surface area contributed by atoms with Crippen molar-refractivity contribution in [3.63, 3.8) is 0 Å². The van der Waals surface area contributed by atoms with E-state index < -0.39 is 18.6 Å². The van der Waals surface area contributed by atoms with Gasteiger partial charge in [-0.3, -0.25) is 0 Å². The minimum Gasteiger partial charge on any atom is -0.464 e. The Balaban J connectivity index is 2.44. The Labute approximate surface area is 93.4 Å². The Kier molecular flexibility index (Phi) is 4.11. The normalized spacial score (nSPS) is 11.2. The fourth-order valence-electron chi connectivity index (χ4n) is 0.864. The van der Waals surface area contributed by atoms with Crippen molar-refractivity contribution >= 4 is 22.4 Å². The molecule has 0 saturated carbocycles. The maximum absolute atomic E-state index is 11.8. The van der Waals surface area contributed by atoms with Gasteiger partial charge in [0.05, 0.1) is 13.5 Å². The molecule has 1 N–H and O–H groups in total. The molecule has 0 amide bonds. The van der Waals surface area contributed by atoms with Crippen LogP contribution in [0.15, 0.2) is 5.38 Å². The number of aromatic nitrogens is 1. The molecule has 0 atom stereocenters. The quantitative estimate of drug-likeness (QED) is 0.837. The highest BCUT2D eigenvalue weighted by atomic mass is 32.1. The van der Waals surface area contributed by atoms with Gasteiger partial charge in [-0.15, -0.1) is 11.3 Å². The summed E-state index contributed by atoms with van der Waals surface area (Å²) in [5.41, 5.74) is 0.0852. The summed E-state index contributed by atoms with van der Waals surface area (Å²) in [6.45, 7) is -0.266. The summed E-state index contributed by atoms with van der Waals surface area (Å²) < 4.78 is 39.9. The van der Waals surface area contributed by atoms with Gasteiger partial charge in [0.15, 0.2) is 10.8 Å². The van der Waals surface area contributed by atoms with Gasteiger partial charge < -0.3 is 10.1 Å². The predicted octanol–water partition coefficient (Wildman–Crippen LogP) is 2.29. The molecule has 0 aliphatic heterocycles. The van der Waals surface area contributed by atoms with E-state index in [1.165, 1.54) is 12.5 Å². The Morgan fingerprint density at radius 3 is 2.88 bits per heavy atom. The number of ether oxygens (including phenoxy) is 1. The molecule has 90 valence electrons. The smallest absolute Gasteiger partial charge is 0.390 e. The summed E-state index contributed by atoms with van der Waals surface area (Å²) in [5, 5.41) is 4.17. The molecule has 0 spiro atoms. The van der Waals surface area contributed by atoms with Gasteiger partial charge >= 0.3 is 12.1 Å². The van der Waals surface area contributed by atoms with Gasteiger partial charge in [0.2, 0.25) is 0 Å². The van der Waals surface area contributed by atoms with Gasteiger partial charge in [-0.05, 0) is 0 Å². The highest BCUT2D eigenvalue weighted by Crippen LogP contribution is 2.21. The summed E-state index contributed by atoms with van der Waals surface area (Å²) in [5.74, 6) is -0.611. The van der Waals surface area contributed by atoms with E-state index in [2.05, 4.69) is 15.0 Å². The van der Waals surface area contributed by atoms with Crippen molar-refractivity contribution in [1.82, 2.24) is 4.98 Å². The van der Waals surface area contributed by atoms with Gasteiger partial charge in [0, 0.05) is 11.9 Å². The first-order valence-electron chi connectivity index (χ1n) is 4.27. The zero-order chi connectivity index (χ0) is 12.2. The second-order valence-electron chi connectivity index (χ2n) is 2.82. The molecule has 16 heavy (non-hydrogen) atoms. The maximum atomic E-state index is 11.8. The summed E-state index contributed by atoms with van der Waals surface area (Å²) in [4.78, 5) is 14.7. The van der Waals surface area contributed by atoms with Crippen LogP contribution in [0.3, 0.4) is 0 Å². The Bertz CT molecular complexity index is 364. The Morgan fingerprint density at radius 1 is 1.62 bits per heavy atom. The zero-order valence-corrected chi connectivity index (χ0v) is 9.11. The van der Waals surface area contributed by atoms with Gasteiger partial charge in [-0.25, -0.2) is 9.78 Å². The minimum atomic E-state index is -4.20. The average Bonchev–Trinajstić information content (AvgIpc) is 2.63. The van der Waals surface area contributed by atoms with Crippen molar-refractivity contribution in [3.05, 3.63) is 11.1 Å². The molecule has 1 rings (SSSR count). The van der Waals surface area contributed by atoms with Crippen LogP contribution in [-0.4, -0.2) is 30.8 Å². The number of nitrogens with zero attached hydrogens (tertiary/aromatic N) is 1. The van der Waals surface area contributed by atoms with E-state index in [1.807, 2.05) is 0 Å². The van der Waals surface area contributed by atoms with Gasteiger partial charge in [-0.2, -0.15) is 13.2 Å². The van der Waals surface area contributed by atoms with Crippen LogP contribution in [0, 0.1) is 0 Å². The average molecular weight is 254 g/mol. The molecule has 1 aromatic rings. The van der Waals surface area contributed by atoms with Crippen LogP contribution in [0.1, 0.15) is 16.9 Å². The summed E-state index contributed by atoms with van der Waals surface area (Å²) in [6.07, 6.45) is -5.14. The standard InChI is InChI=1S/C8H9F3N2O2S/c1-15-6(14)5-4-16-7(13-5)12-3-2-8(9,10)11/h4H,2-3H2,1H3,(H,12,13). The highest BCUT2D eigenvalue weighted by Gasteiger charge is 2.26. The lowest BCUT2D eigenvalue weighted by atomic mass is 10.4. The van der Waals surface area contributed by atoms with Crippen LogP contribution in [0.25, 0.3) is 0 Å². The number of halogens is 3. The SMILES string of the molecule is COC(=O)c1csc(NCCC(F)(F)F)n1.